The number of methoxy groups -OCH3 is 1. The van der Waals surface area contributed by atoms with Gasteiger partial charge in [-0.2, -0.15) is 4.98 Å². The number of carbonyl (C=O) groups excluding carboxylic acids is 5. The van der Waals surface area contributed by atoms with Gasteiger partial charge in [-0.05, 0) is 82.3 Å². The lowest BCUT2D eigenvalue weighted by molar-refractivity contribution is -0.136. The fraction of sp³-hybridized carbons (Fsp3) is 0.426. The first-order valence-corrected chi connectivity index (χ1v) is 24.6. The molecule has 1 aromatic heterocycles. The van der Waals surface area contributed by atoms with E-state index in [1.807, 2.05) is 23.1 Å². The van der Waals surface area contributed by atoms with Crippen molar-refractivity contribution in [3.63, 3.8) is 0 Å². The molecule has 1 unspecified atom stereocenters. The summed E-state index contributed by atoms with van der Waals surface area (Å²) < 4.78 is 31.9. The lowest BCUT2D eigenvalue weighted by Gasteiger charge is -2.43. The minimum atomic E-state index is -3.58. The third-order valence-electron chi connectivity index (χ3n) is 12.9. The Morgan fingerprint density at radius 2 is 1.63 bits per heavy atom. The van der Waals surface area contributed by atoms with Crippen LogP contribution in [0.25, 0.3) is 0 Å². The molecular weight excluding hydrogens is 900 g/mol. The van der Waals surface area contributed by atoms with Gasteiger partial charge < -0.3 is 30.5 Å². The molecule has 5 heterocycles. The molecule has 3 aromatic carbocycles. The van der Waals surface area contributed by atoms with Crippen molar-refractivity contribution in [3.8, 4) is 5.75 Å². The summed E-state index contributed by atoms with van der Waals surface area (Å²) in [6, 6.07) is 16.9. The number of benzene rings is 3. The molecule has 3 saturated heterocycles. The number of piperidine rings is 2. The molecule has 0 radical (unpaired) electrons. The summed E-state index contributed by atoms with van der Waals surface area (Å²) in [5.74, 6) is -0.951. The van der Waals surface area contributed by atoms with Crippen molar-refractivity contribution in [3.05, 3.63) is 83.0 Å². The van der Waals surface area contributed by atoms with Gasteiger partial charge in [0.15, 0.2) is 15.7 Å². The molecule has 354 valence electrons. The zero-order chi connectivity index (χ0) is 47.4. The molecule has 8 rings (SSSR count). The summed E-state index contributed by atoms with van der Waals surface area (Å²) >= 11 is 6.46. The van der Waals surface area contributed by atoms with E-state index in [4.69, 9.17) is 16.3 Å². The quantitative estimate of drug-likeness (QED) is 0.0794. The topological polar surface area (TPSA) is 216 Å². The number of fused-ring (bicyclic) bond motifs is 1. The highest BCUT2D eigenvalue weighted by Crippen LogP contribution is 2.36. The Balaban J connectivity index is 0.771. The molecule has 5 amide bonds. The second kappa shape index (κ2) is 20.3. The van der Waals surface area contributed by atoms with Crippen LogP contribution >= 0.6 is 11.6 Å². The predicted molar refractivity (Wildman–Crippen MR) is 254 cm³/mol. The largest absolute Gasteiger partial charge is 0.494 e. The highest BCUT2D eigenvalue weighted by molar-refractivity contribution is 7.92. The van der Waals surface area contributed by atoms with Crippen LogP contribution in [0.4, 0.5) is 34.5 Å². The fourth-order valence-electron chi connectivity index (χ4n) is 9.09. The third kappa shape index (κ3) is 10.2. The SMILES string of the molecule is COc1cc(N2CCC(N3CCN(C(=O)CCCCNc4cccc5c4C(=O)N(C4CCC(=O)NC4=O)C5=O)CC3)CC2)ccc1Nc1ncc(Cl)c(Nc2ccccc2S(=O)(=O)C(C)C)n1. The summed E-state index contributed by atoms with van der Waals surface area (Å²) in [5, 5.41) is 11.4. The number of hydrogen-bond acceptors (Lipinski definition) is 15. The second-order valence-electron chi connectivity index (χ2n) is 17.3. The van der Waals surface area contributed by atoms with Crippen LogP contribution in [0.5, 0.6) is 5.75 Å². The van der Waals surface area contributed by atoms with Gasteiger partial charge in [0.25, 0.3) is 11.8 Å². The van der Waals surface area contributed by atoms with Gasteiger partial charge >= 0.3 is 0 Å². The van der Waals surface area contributed by atoms with Gasteiger partial charge in [0, 0.05) is 82.1 Å². The van der Waals surface area contributed by atoms with Crippen molar-refractivity contribution in [1.29, 1.82) is 0 Å². The molecule has 4 N–H and O–H groups in total. The average molecular weight is 956 g/mol. The van der Waals surface area contributed by atoms with E-state index in [9.17, 15) is 32.4 Å². The molecule has 0 aliphatic carbocycles. The number of hydrogen-bond donors (Lipinski definition) is 4. The molecular formula is C47H55ClN10O8S. The van der Waals surface area contributed by atoms with Crippen molar-refractivity contribution in [1.82, 2.24) is 30.0 Å². The first-order chi connectivity index (χ1) is 32.2. The molecule has 67 heavy (non-hydrogen) atoms. The van der Waals surface area contributed by atoms with Crippen LogP contribution in [0.2, 0.25) is 5.02 Å². The third-order valence-corrected chi connectivity index (χ3v) is 15.3. The molecule has 4 aliphatic rings. The Morgan fingerprint density at radius 1 is 0.881 bits per heavy atom. The number of nitrogens with zero attached hydrogens (tertiary/aromatic N) is 6. The van der Waals surface area contributed by atoms with Crippen LogP contribution in [0.1, 0.15) is 79.5 Å². The van der Waals surface area contributed by atoms with Gasteiger partial charge in [-0.1, -0.05) is 29.8 Å². The molecule has 1 atom stereocenters. The maximum absolute atomic E-state index is 13.4. The molecule has 0 spiro atoms. The number of halogens is 1. The van der Waals surface area contributed by atoms with Crippen molar-refractivity contribution in [2.75, 3.05) is 73.8 Å². The van der Waals surface area contributed by atoms with Gasteiger partial charge in [-0.15, -0.1) is 0 Å². The highest BCUT2D eigenvalue weighted by Gasteiger charge is 2.45. The molecule has 4 aliphatic heterocycles. The van der Waals surface area contributed by atoms with Crippen LogP contribution < -0.4 is 30.9 Å². The Morgan fingerprint density at radius 3 is 2.36 bits per heavy atom. The van der Waals surface area contributed by atoms with Gasteiger partial charge in [0.05, 0.1) is 46.0 Å². The smallest absolute Gasteiger partial charge is 0.264 e. The number of amides is 5. The van der Waals surface area contributed by atoms with Gasteiger partial charge in [0.1, 0.15) is 16.8 Å². The van der Waals surface area contributed by atoms with Crippen LogP contribution in [0.3, 0.4) is 0 Å². The number of rotatable bonds is 16. The van der Waals surface area contributed by atoms with E-state index in [1.165, 1.54) is 6.20 Å². The summed E-state index contributed by atoms with van der Waals surface area (Å²) in [4.78, 5) is 80.7. The standard InChI is InChI=1S/C47H55ClN10O8S/c1-29(2)67(64,65)39-12-5-4-10-35(39)51-43-33(48)28-50-47(54-43)52-34-15-14-31(27-38(34)66-3)55-21-18-30(19-22-55)56-23-25-57(26-24-56)41(60)13-6-7-20-49-36-11-8-9-32-42(36)46(63)58(45(32)62)37-16-17-40(59)53-44(37)61/h4-5,8-12,14-15,27-30,37,49H,6-7,13,16-26H2,1-3H3,(H,53,59,61)(H2,50,51,52,54). The monoisotopic (exact) mass is 954 g/mol. The zero-order valence-corrected chi connectivity index (χ0v) is 39.3. The van der Waals surface area contributed by atoms with Gasteiger partial charge in [-0.3, -0.25) is 39.1 Å². The summed E-state index contributed by atoms with van der Waals surface area (Å²) in [7, 11) is -1.97. The number of para-hydroxylation sites is 1. The summed E-state index contributed by atoms with van der Waals surface area (Å²) in [5.41, 5.74) is 2.99. The van der Waals surface area contributed by atoms with Gasteiger partial charge in [-0.25, -0.2) is 13.4 Å². The Hall–Kier alpha value is -6.31. The number of unbranched alkanes of at least 4 members (excludes halogenated alkanes) is 1. The summed E-state index contributed by atoms with van der Waals surface area (Å²) in [6.07, 6.45) is 5.32. The lowest BCUT2D eigenvalue weighted by Crippen LogP contribution is -2.54. The highest BCUT2D eigenvalue weighted by atomic mass is 35.5. The molecule has 3 fully saturated rings. The average Bonchev–Trinajstić information content (AvgIpc) is 3.58. The minimum Gasteiger partial charge on any atom is -0.494 e. The number of carbonyl (C=O) groups is 5. The van der Waals surface area contributed by atoms with Crippen molar-refractivity contribution in [2.45, 2.75) is 81.0 Å². The number of ether oxygens (including phenoxy) is 1. The van der Waals surface area contributed by atoms with E-state index in [2.05, 4.69) is 41.0 Å². The number of anilines is 6. The van der Waals surface area contributed by atoms with E-state index in [1.54, 1.807) is 63.4 Å². The van der Waals surface area contributed by atoms with Crippen LogP contribution in [0.15, 0.2) is 71.8 Å². The van der Waals surface area contributed by atoms with Crippen LogP contribution in [-0.4, -0.2) is 133 Å². The zero-order valence-electron chi connectivity index (χ0n) is 37.7. The van der Waals surface area contributed by atoms with E-state index in [-0.39, 0.29) is 51.6 Å². The normalized spacial score (nSPS) is 18.3. The molecule has 0 bridgehead atoms. The second-order valence-corrected chi connectivity index (χ2v) is 20.2. The number of nitrogens with one attached hydrogen (secondary N) is 4. The Kier molecular flexibility index (Phi) is 14.3. The Bertz CT molecular complexity index is 2670. The molecule has 4 aromatic rings. The van der Waals surface area contributed by atoms with Crippen molar-refractivity contribution < 1.29 is 37.1 Å². The molecule has 20 heteroatoms. The van der Waals surface area contributed by atoms with Crippen molar-refractivity contribution in [2.24, 2.45) is 0 Å². The minimum absolute atomic E-state index is 0.0562. The fourth-order valence-corrected chi connectivity index (χ4v) is 10.4. The van der Waals surface area contributed by atoms with Gasteiger partial charge in [0.2, 0.25) is 23.7 Å². The molecule has 18 nitrogen and oxygen atoms in total. The van der Waals surface area contributed by atoms with E-state index >= 15 is 0 Å². The van der Waals surface area contributed by atoms with E-state index in [0.717, 1.165) is 49.6 Å². The van der Waals surface area contributed by atoms with Crippen molar-refractivity contribution >= 4 is 85.5 Å². The predicted octanol–water partition coefficient (Wildman–Crippen LogP) is 5.60. The number of aromatic nitrogens is 2. The van der Waals surface area contributed by atoms with Crippen LogP contribution in [0, 0.1) is 0 Å². The number of piperazine rings is 1. The number of sulfone groups is 1. The van der Waals surface area contributed by atoms with E-state index < -0.39 is 44.8 Å². The Labute approximate surface area is 394 Å². The molecule has 0 saturated carbocycles. The number of imide groups is 2. The maximum atomic E-state index is 13.4. The van der Waals surface area contributed by atoms with E-state index in [0.29, 0.717) is 67.8 Å². The summed E-state index contributed by atoms with van der Waals surface area (Å²) in [6.45, 7) is 8.50. The van der Waals surface area contributed by atoms with Crippen LogP contribution in [-0.2, 0) is 24.2 Å². The first kappa shape index (κ1) is 47.2. The lowest BCUT2D eigenvalue weighted by atomic mass is 10.0. The maximum Gasteiger partial charge on any atom is 0.264 e. The first-order valence-electron chi connectivity index (χ1n) is 22.7.